The Labute approximate surface area is 138 Å². The quantitative estimate of drug-likeness (QED) is 0.848. The molecule has 0 spiro atoms. The van der Waals surface area contributed by atoms with E-state index in [2.05, 4.69) is 21.3 Å². The Morgan fingerprint density at radius 3 is 2.73 bits per heavy atom. The second kappa shape index (κ2) is 5.66. The molecule has 0 unspecified atom stereocenters. The van der Waals surface area contributed by atoms with Gasteiger partial charge in [0.2, 0.25) is 0 Å². The van der Waals surface area contributed by atoms with Crippen LogP contribution in [0.1, 0.15) is 32.2 Å². The normalized spacial score (nSPS) is 17.9. The van der Waals surface area contributed by atoms with E-state index < -0.39 is 0 Å². The summed E-state index contributed by atoms with van der Waals surface area (Å²) >= 11 is 3.40. The molecule has 116 valence electrons. The maximum Gasteiger partial charge on any atom is 0.264 e. The van der Waals surface area contributed by atoms with Gasteiger partial charge in [0, 0.05) is 36.4 Å². The Bertz CT molecular complexity index is 677. The van der Waals surface area contributed by atoms with Gasteiger partial charge in [-0.25, -0.2) is 4.98 Å². The molecule has 1 saturated heterocycles. The zero-order chi connectivity index (χ0) is 15.1. The lowest BCUT2D eigenvalue weighted by atomic mass is 10.2. The molecule has 0 bridgehead atoms. The summed E-state index contributed by atoms with van der Waals surface area (Å²) < 4.78 is 0. The number of hydrogen-bond donors (Lipinski definition) is 0. The molecule has 22 heavy (non-hydrogen) atoms. The molecule has 0 atom stereocenters. The van der Waals surface area contributed by atoms with Gasteiger partial charge in [0.05, 0.1) is 10.6 Å². The summed E-state index contributed by atoms with van der Waals surface area (Å²) in [6, 6.07) is 2.13. The molecule has 0 saturated carbocycles. The number of rotatable bonds is 2. The average Bonchev–Trinajstić information content (AvgIpc) is 3.22. The number of amides is 1. The van der Waals surface area contributed by atoms with Crippen LogP contribution in [0.4, 0.5) is 5.13 Å². The first-order chi connectivity index (χ1) is 10.7. The lowest BCUT2D eigenvalue weighted by Gasteiger charge is -2.34. The lowest BCUT2D eigenvalue weighted by Crippen LogP contribution is -2.48. The number of anilines is 1. The molecule has 2 aromatic heterocycles. The van der Waals surface area contributed by atoms with Crippen LogP contribution < -0.4 is 4.90 Å². The van der Waals surface area contributed by atoms with Gasteiger partial charge >= 0.3 is 0 Å². The summed E-state index contributed by atoms with van der Waals surface area (Å²) in [4.78, 5) is 23.8. The highest BCUT2D eigenvalue weighted by atomic mass is 32.1. The third-order valence-corrected chi connectivity index (χ3v) is 6.65. The smallest absolute Gasteiger partial charge is 0.264 e. The first-order valence-corrected chi connectivity index (χ1v) is 9.48. The fourth-order valence-electron chi connectivity index (χ4n) is 3.18. The van der Waals surface area contributed by atoms with Crippen molar-refractivity contribution < 1.29 is 4.79 Å². The number of thiophene rings is 1. The van der Waals surface area contributed by atoms with Crippen molar-refractivity contribution in [3.63, 3.8) is 0 Å². The first-order valence-electron chi connectivity index (χ1n) is 7.78. The van der Waals surface area contributed by atoms with Gasteiger partial charge in [-0.2, -0.15) is 0 Å². The minimum absolute atomic E-state index is 0.217. The fraction of sp³-hybridized carbons (Fsp3) is 0.500. The lowest BCUT2D eigenvalue weighted by molar-refractivity contribution is 0.0751. The standard InChI is InChI=1S/C16H19N3OS2/c1-11-10-21-16(17-11)19-7-5-18(6-8-19)15(20)14-9-12-3-2-4-13(12)22-14/h9-10H,2-8H2,1H3. The zero-order valence-corrected chi connectivity index (χ0v) is 14.3. The number of piperazine rings is 1. The largest absolute Gasteiger partial charge is 0.345 e. The summed E-state index contributed by atoms with van der Waals surface area (Å²) in [5.74, 6) is 0.217. The van der Waals surface area contributed by atoms with Crippen LogP contribution in [0.5, 0.6) is 0 Å². The fourth-order valence-corrected chi connectivity index (χ4v) is 5.26. The number of carbonyl (C=O) groups is 1. The van der Waals surface area contributed by atoms with Gasteiger partial charge in [0.1, 0.15) is 0 Å². The Kier molecular flexibility index (Phi) is 3.66. The van der Waals surface area contributed by atoms with Crippen LogP contribution in [-0.4, -0.2) is 42.0 Å². The van der Waals surface area contributed by atoms with Gasteiger partial charge in [0.25, 0.3) is 5.91 Å². The van der Waals surface area contributed by atoms with Crippen molar-refractivity contribution in [2.24, 2.45) is 0 Å². The van der Waals surface area contributed by atoms with Gasteiger partial charge in [-0.05, 0) is 37.8 Å². The van der Waals surface area contributed by atoms with Crippen molar-refractivity contribution in [2.45, 2.75) is 26.2 Å². The summed E-state index contributed by atoms with van der Waals surface area (Å²) in [5.41, 5.74) is 2.48. The number of fused-ring (bicyclic) bond motifs is 1. The van der Waals surface area contributed by atoms with Crippen LogP contribution in [0.2, 0.25) is 0 Å². The molecule has 3 heterocycles. The van der Waals surface area contributed by atoms with Gasteiger partial charge in [-0.15, -0.1) is 22.7 Å². The van der Waals surface area contributed by atoms with E-state index in [1.165, 1.54) is 16.9 Å². The molecule has 1 amide bonds. The number of carbonyl (C=O) groups excluding carboxylic acids is 1. The van der Waals surface area contributed by atoms with E-state index in [0.717, 1.165) is 54.7 Å². The molecule has 1 aliphatic carbocycles. The van der Waals surface area contributed by atoms with E-state index in [0.29, 0.717) is 0 Å². The van der Waals surface area contributed by atoms with Gasteiger partial charge in [-0.1, -0.05) is 0 Å². The Hall–Kier alpha value is -1.40. The third kappa shape index (κ3) is 2.54. The predicted octanol–water partition coefficient (Wildman–Crippen LogP) is 2.96. The van der Waals surface area contributed by atoms with Gasteiger partial charge < -0.3 is 9.80 Å². The summed E-state index contributed by atoms with van der Waals surface area (Å²) in [6.07, 6.45) is 3.56. The maximum absolute atomic E-state index is 12.7. The highest BCUT2D eigenvalue weighted by Crippen LogP contribution is 2.31. The Morgan fingerprint density at radius 1 is 1.23 bits per heavy atom. The second-order valence-corrected chi connectivity index (χ2v) is 7.94. The van der Waals surface area contributed by atoms with E-state index in [1.807, 2.05) is 11.8 Å². The number of nitrogens with zero attached hydrogens (tertiary/aromatic N) is 3. The molecule has 0 N–H and O–H groups in total. The maximum atomic E-state index is 12.7. The van der Waals surface area contributed by atoms with Crippen molar-refractivity contribution in [2.75, 3.05) is 31.1 Å². The molecule has 0 aromatic carbocycles. The van der Waals surface area contributed by atoms with Crippen molar-refractivity contribution in [1.82, 2.24) is 9.88 Å². The minimum Gasteiger partial charge on any atom is -0.345 e. The minimum atomic E-state index is 0.217. The van der Waals surface area contributed by atoms with Crippen LogP contribution >= 0.6 is 22.7 Å². The first kappa shape index (κ1) is 14.2. The van der Waals surface area contributed by atoms with E-state index in [4.69, 9.17) is 0 Å². The molecule has 4 nitrogen and oxygen atoms in total. The number of aromatic nitrogens is 1. The Morgan fingerprint density at radius 2 is 2.05 bits per heavy atom. The zero-order valence-electron chi connectivity index (χ0n) is 12.7. The summed E-state index contributed by atoms with van der Waals surface area (Å²) in [6.45, 7) is 5.36. The van der Waals surface area contributed by atoms with Crippen molar-refractivity contribution in [3.8, 4) is 0 Å². The second-order valence-electron chi connectivity index (χ2n) is 5.96. The van der Waals surface area contributed by atoms with Crippen molar-refractivity contribution in [1.29, 1.82) is 0 Å². The average molecular weight is 333 g/mol. The topological polar surface area (TPSA) is 36.4 Å². The summed E-state index contributed by atoms with van der Waals surface area (Å²) in [5, 5.41) is 3.17. The number of hydrogen-bond acceptors (Lipinski definition) is 5. The van der Waals surface area contributed by atoms with E-state index >= 15 is 0 Å². The predicted molar refractivity (Wildman–Crippen MR) is 91.3 cm³/mol. The Balaban J connectivity index is 1.41. The summed E-state index contributed by atoms with van der Waals surface area (Å²) in [7, 11) is 0. The number of aryl methyl sites for hydroxylation is 3. The molecule has 0 radical (unpaired) electrons. The van der Waals surface area contributed by atoms with Crippen LogP contribution in [0.3, 0.4) is 0 Å². The number of thiazole rings is 1. The van der Waals surface area contributed by atoms with Gasteiger partial charge in [0.15, 0.2) is 5.13 Å². The molecule has 6 heteroatoms. The highest BCUT2D eigenvalue weighted by Gasteiger charge is 2.26. The molecule has 1 aliphatic heterocycles. The van der Waals surface area contributed by atoms with Crippen LogP contribution in [-0.2, 0) is 12.8 Å². The van der Waals surface area contributed by atoms with Crippen LogP contribution in [0.25, 0.3) is 0 Å². The molecular weight excluding hydrogens is 314 g/mol. The molecule has 4 rings (SSSR count). The van der Waals surface area contributed by atoms with Crippen LogP contribution in [0.15, 0.2) is 11.4 Å². The third-order valence-electron chi connectivity index (χ3n) is 4.40. The van der Waals surface area contributed by atoms with Gasteiger partial charge in [-0.3, -0.25) is 4.79 Å². The highest BCUT2D eigenvalue weighted by molar-refractivity contribution is 7.14. The van der Waals surface area contributed by atoms with E-state index in [1.54, 1.807) is 22.7 Å². The molecule has 2 aromatic rings. The SMILES string of the molecule is Cc1csc(N2CCN(C(=O)c3cc4c(s3)CCC4)CC2)n1. The van der Waals surface area contributed by atoms with Crippen molar-refractivity contribution >= 4 is 33.7 Å². The molecule has 1 fully saturated rings. The van der Waals surface area contributed by atoms with Crippen molar-refractivity contribution in [3.05, 3.63) is 32.5 Å². The molecular formula is C16H19N3OS2. The molecule has 2 aliphatic rings. The van der Waals surface area contributed by atoms with E-state index in [-0.39, 0.29) is 5.91 Å². The van der Waals surface area contributed by atoms with E-state index in [9.17, 15) is 4.79 Å². The van der Waals surface area contributed by atoms with Crippen LogP contribution in [0, 0.1) is 6.92 Å². The monoisotopic (exact) mass is 333 g/mol.